The zero-order chi connectivity index (χ0) is 14.2. The van der Waals surface area contributed by atoms with Crippen molar-refractivity contribution in [2.45, 2.75) is 32.6 Å². The average molecular weight is 305 g/mol. The molecular formula is C8H21NO7P2. The van der Waals surface area contributed by atoms with Gasteiger partial charge in [-0.3, -0.25) is 4.52 Å². The first-order valence-electron chi connectivity index (χ1n) is 5.68. The number of hydrogen-bond acceptors (Lipinski definition) is 3. The molecule has 0 unspecified atom stereocenters. The maximum absolute atomic E-state index is 11.1. The fourth-order valence-electron chi connectivity index (χ4n) is 1.35. The van der Waals surface area contributed by atoms with Crippen LogP contribution in [-0.4, -0.2) is 43.9 Å². The van der Waals surface area contributed by atoms with E-state index in [1.165, 1.54) is 0 Å². The Morgan fingerprint density at radius 1 is 1.00 bits per heavy atom. The van der Waals surface area contributed by atoms with E-state index in [1.54, 1.807) is 0 Å². The predicted octanol–water partition coefficient (Wildman–Crippen LogP) is 1.07. The lowest BCUT2D eigenvalue weighted by molar-refractivity contribution is 0.186. The molecule has 0 aromatic carbocycles. The number of nitrogens with zero attached hydrogens (tertiary/aromatic N) is 1. The summed E-state index contributed by atoms with van der Waals surface area (Å²) in [6.07, 6.45) is 2.62. The number of hydrogen-bond donors (Lipinski definition) is 4. The van der Waals surface area contributed by atoms with Crippen molar-refractivity contribution in [2.24, 2.45) is 0 Å². The lowest BCUT2D eigenvalue weighted by atomic mass is 10.2. The Labute approximate surface area is 106 Å². The van der Waals surface area contributed by atoms with Gasteiger partial charge in [0.1, 0.15) is 0 Å². The van der Waals surface area contributed by atoms with E-state index in [9.17, 15) is 9.13 Å². The number of phosphoric ester groups is 1. The fraction of sp³-hybridized carbons (Fsp3) is 1.00. The monoisotopic (exact) mass is 305 g/mol. The van der Waals surface area contributed by atoms with Gasteiger partial charge >= 0.3 is 15.6 Å². The van der Waals surface area contributed by atoms with Gasteiger partial charge in [-0.1, -0.05) is 19.8 Å². The Morgan fingerprint density at radius 2 is 1.56 bits per heavy atom. The molecule has 110 valence electrons. The number of phosphoric acid groups is 1. The summed E-state index contributed by atoms with van der Waals surface area (Å²) in [5.74, 6) is 0. The molecule has 0 aromatic heterocycles. The van der Waals surface area contributed by atoms with Gasteiger partial charge in [-0.2, -0.15) is 0 Å². The Balaban J connectivity index is 4.03. The number of unbranched alkanes of at least 4 members (excludes halogenated alkanes) is 2. The van der Waals surface area contributed by atoms with Crippen molar-refractivity contribution in [3.8, 4) is 0 Å². The second-order valence-electron chi connectivity index (χ2n) is 3.85. The molecule has 0 aromatic rings. The van der Waals surface area contributed by atoms with E-state index < -0.39 is 15.6 Å². The summed E-state index contributed by atoms with van der Waals surface area (Å²) in [4.78, 5) is 35.0. The van der Waals surface area contributed by atoms with Crippen LogP contribution in [0.5, 0.6) is 0 Å². The predicted molar refractivity (Wildman–Crippen MR) is 65.8 cm³/mol. The molecule has 0 atom stereocenters. The normalized spacial score (nSPS) is 13.2. The van der Waals surface area contributed by atoms with Crippen LogP contribution in [0.4, 0.5) is 0 Å². The molecule has 0 saturated heterocycles. The highest BCUT2D eigenvalue weighted by atomic mass is 31.2. The van der Waals surface area contributed by atoms with Gasteiger partial charge < -0.3 is 19.6 Å². The second-order valence-corrected chi connectivity index (χ2v) is 6.68. The highest BCUT2D eigenvalue weighted by Gasteiger charge is 2.24. The van der Waals surface area contributed by atoms with Crippen LogP contribution in [0.15, 0.2) is 0 Å². The van der Waals surface area contributed by atoms with Crippen molar-refractivity contribution in [3.63, 3.8) is 0 Å². The molecule has 0 spiro atoms. The summed E-state index contributed by atoms with van der Waals surface area (Å²) in [6.45, 7) is 2.03. The molecule has 8 nitrogen and oxygen atoms in total. The number of rotatable bonds is 10. The molecule has 0 aliphatic carbocycles. The first-order valence-corrected chi connectivity index (χ1v) is 8.77. The average Bonchev–Trinajstić information content (AvgIpc) is 2.18. The van der Waals surface area contributed by atoms with Gasteiger partial charge in [-0.25, -0.2) is 13.8 Å². The molecule has 0 aliphatic rings. The van der Waals surface area contributed by atoms with E-state index in [1.807, 2.05) is 6.92 Å². The third-order valence-corrected chi connectivity index (χ3v) is 3.86. The third kappa shape index (κ3) is 10.2. The van der Waals surface area contributed by atoms with E-state index in [0.29, 0.717) is 6.42 Å². The van der Waals surface area contributed by atoms with E-state index >= 15 is 0 Å². The Bertz CT molecular complexity index is 313. The minimum Gasteiger partial charge on any atom is -0.312 e. The van der Waals surface area contributed by atoms with Crippen LogP contribution in [0.25, 0.3) is 0 Å². The summed E-state index contributed by atoms with van der Waals surface area (Å²) in [6, 6.07) is 0. The largest absolute Gasteiger partial charge is 0.469 e. The highest BCUT2D eigenvalue weighted by Crippen LogP contribution is 2.40. The Morgan fingerprint density at radius 3 is 2.00 bits per heavy atom. The third-order valence-electron chi connectivity index (χ3n) is 2.21. The molecule has 0 rings (SSSR count). The molecule has 10 heteroatoms. The summed E-state index contributed by atoms with van der Waals surface area (Å²) >= 11 is 0. The summed E-state index contributed by atoms with van der Waals surface area (Å²) < 4.78 is 26.7. The van der Waals surface area contributed by atoms with Gasteiger partial charge in [-0.15, -0.1) is 0 Å². The minimum atomic E-state index is -4.50. The van der Waals surface area contributed by atoms with Crippen LogP contribution in [0.2, 0.25) is 0 Å². The zero-order valence-electron chi connectivity index (χ0n) is 10.3. The standard InChI is InChI=1S/C8H21NO7P2/c1-2-3-4-6-9(17(10,11)12)7-5-8-16-18(13,14)15/h2-8H2,1H3,(H2,10,11,12)(H2,13,14,15). The molecule has 0 aliphatic heterocycles. The quantitative estimate of drug-likeness (QED) is 0.348. The zero-order valence-corrected chi connectivity index (χ0v) is 12.1. The second kappa shape index (κ2) is 8.40. The van der Waals surface area contributed by atoms with Crippen molar-refractivity contribution in [3.05, 3.63) is 0 Å². The molecular weight excluding hydrogens is 284 g/mol. The maximum Gasteiger partial charge on any atom is 0.469 e. The van der Waals surface area contributed by atoms with Crippen LogP contribution in [0.1, 0.15) is 32.6 Å². The van der Waals surface area contributed by atoms with Crippen molar-refractivity contribution < 1.29 is 33.2 Å². The van der Waals surface area contributed by atoms with Crippen LogP contribution < -0.4 is 0 Å². The lowest BCUT2D eigenvalue weighted by Crippen LogP contribution is -2.23. The van der Waals surface area contributed by atoms with Gasteiger partial charge in [0, 0.05) is 13.1 Å². The van der Waals surface area contributed by atoms with E-state index in [0.717, 1.165) is 17.5 Å². The van der Waals surface area contributed by atoms with E-state index in [4.69, 9.17) is 19.6 Å². The van der Waals surface area contributed by atoms with Crippen molar-refractivity contribution in [2.75, 3.05) is 19.7 Å². The van der Waals surface area contributed by atoms with Crippen LogP contribution in [-0.2, 0) is 13.7 Å². The molecule has 0 radical (unpaired) electrons. The highest BCUT2D eigenvalue weighted by molar-refractivity contribution is 7.49. The van der Waals surface area contributed by atoms with Crippen LogP contribution >= 0.6 is 15.6 Å². The molecule has 0 saturated carbocycles. The molecule has 0 amide bonds. The molecule has 4 N–H and O–H groups in total. The van der Waals surface area contributed by atoms with Crippen LogP contribution in [0.3, 0.4) is 0 Å². The molecule has 0 bridgehead atoms. The first-order chi connectivity index (χ1) is 8.17. The van der Waals surface area contributed by atoms with Crippen molar-refractivity contribution in [1.82, 2.24) is 4.67 Å². The topological polar surface area (TPSA) is 128 Å². The van der Waals surface area contributed by atoms with Gasteiger partial charge in [0.15, 0.2) is 0 Å². The van der Waals surface area contributed by atoms with Crippen molar-refractivity contribution in [1.29, 1.82) is 0 Å². The molecule has 18 heavy (non-hydrogen) atoms. The first kappa shape index (κ1) is 18.2. The van der Waals surface area contributed by atoms with Gasteiger partial charge in [0.2, 0.25) is 0 Å². The van der Waals surface area contributed by atoms with Crippen LogP contribution in [0, 0.1) is 0 Å². The van der Waals surface area contributed by atoms with Gasteiger partial charge in [-0.05, 0) is 12.8 Å². The van der Waals surface area contributed by atoms with E-state index in [-0.39, 0.29) is 26.1 Å². The maximum atomic E-state index is 11.1. The summed E-state index contributed by atoms with van der Waals surface area (Å²) in [5, 5.41) is 0. The minimum absolute atomic E-state index is 0.0357. The van der Waals surface area contributed by atoms with E-state index in [2.05, 4.69) is 4.52 Å². The SMILES string of the molecule is CCCCCN(CCCOP(=O)(O)O)P(=O)(O)O. The molecule has 0 heterocycles. The van der Waals surface area contributed by atoms with Gasteiger partial charge in [0.25, 0.3) is 0 Å². The Hall–Kier alpha value is 0.220. The smallest absolute Gasteiger partial charge is 0.312 e. The van der Waals surface area contributed by atoms with Crippen molar-refractivity contribution >= 4 is 15.6 Å². The van der Waals surface area contributed by atoms with Gasteiger partial charge in [0.05, 0.1) is 6.61 Å². The molecule has 0 fully saturated rings. The summed E-state index contributed by atoms with van der Waals surface area (Å²) in [7, 11) is -8.82. The lowest BCUT2D eigenvalue weighted by Gasteiger charge is -2.22. The fourth-order valence-corrected chi connectivity index (χ4v) is 2.52. The summed E-state index contributed by atoms with van der Waals surface area (Å²) in [5.41, 5.74) is 0. The Kier molecular flexibility index (Phi) is 8.51.